The van der Waals surface area contributed by atoms with Gasteiger partial charge in [-0.3, -0.25) is 4.79 Å². The molecule has 1 fully saturated rings. The van der Waals surface area contributed by atoms with E-state index in [0.29, 0.717) is 16.6 Å². The minimum atomic E-state index is 0.155. The molecular formula is C12H13Cl2NO. The molecule has 0 spiro atoms. The van der Waals surface area contributed by atoms with Crippen LogP contribution >= 0.6 is 23.2 Å². The topological polar surface area (TPSA) is 20.3 Å². The molecule has 1 saturated heterocycles. The zero-order valence-corrected chi connectivity index (χ0v) is 10.6. The molecule has 1 aliphatic heterocycles. The van der Waals surface area contributed by atoms with E-state index in [1.807, 2.05) is 24.0 Å². The molecule has 1 aliphatic rings. The van der Waals surface area contributed by atoms with Gasteiger partial charge in [-0.2, -0.15) is 0 Å². The van der Waals surface area contributed by atoms with E-state index in [9.17, 15) is 4.79 Å². The summed E-state index contributed by atoms with van der Waals surface area (Å²) < 4.78 is 0. The van der Waals surface area contributed by atoms with Gasteiger partial charge in [0, 0.05) is 19.0 Å². The fourth-order valence-electron chi connectivity index (χ4n) is 1.91. The standard InChI is InChI=1S/C12H13Cl2NO/c1-8-4-5-15(12(8)16)7-9-2-3-10(13)11(14)6-9/h2-3,6,8H,4-5,7H2,1H3. The van der Waals surface area contributed by atoms with Crippen molar-refractivity contribution in [2.24, 2.45) is 5.92 Å². The summed E-state index contributed by atoms with van der Waals surface area (Å²) in [4.78, 5) is 13.6. The fraction of sp³-hybridized carbons (Fsp3) is 0.417. The maximum Gasteiger partial charge on any atom is 0.225 e. The van der Waals surface area contributed by atoms with Gasteiger partial charge in [0.25, 0.3) is 0 Å². The third-order valence-corrected chi connectivity index (χ3v) is 3.66. The zero-order chi connectivity index (χ0) is 11.7. The number of hydrogen-bond donors (Lipinski definition) is 0. The Balaban J connectivity index is 2.10. The lowest BCUT2D eigenvalue weighted by molar-refractivity contribution is -0.131. The Kier molecular flexibility index (Phi) is 3.41. The number of hydrogen-bond acceptors (Lipinski definition) is 1. The summed E-state index contributed by atoms with van der Waals surface area (Å²) in [6.07, 6.45) is 0.945. The molecule has 0 N–H and O–H groups in total. The number of carbonyl (C=O) groups is 1. The summed E-state index contributed by atoms with van der Waals surface area (Å²) in [5, 5.41) is 1.09. The molecule has 4 heteroatoms. The first-order valence-electron chi connectivity index (χ1n) is 5.30. The summed E-state index contributed by atoms with van der Waals surface area (Å²) in [6.45, 7) is 3.43. The van der Waals surface area contributed by atoms with E-state index >= 15 is 0 Å². The number of carbonyl (C=O) groups excluding carboxylic acids is 1. The van der Waals surface area contributed by atoms with Crippen molar-refractivity contribution in [3.8, 4) is 0 Å². The Bertz CT molecular complexity index is 419. The van der Waals surface area contributed by atoms with Crippen LogP contribution in [0.5, 0.6) is 0 Å². The molecule has 2 nitrogen and oxygen atoms in total. The summed E-state index contributed by atoms with van der Waals surface area (Å²) in [5.74, 6) is 0.383. The van der Waals surface area contributed by atoms with Crippen molar-refractivity contribution in [3.05, 3.63) is 33.8 Å². The van der Waals surface area contributed by atoms with Gasteiger partial charge in [-0.05, 0) is 24.1 Å². The Hall–Kier alpha value is -0.730. The normalized spacial score (nSPS) is 20.6. The van der Waals surface area contributed by atoms with Crippen molar-refractivity contribution in [1.82, 2.24) is 4.90 Å². The molecule has 1 atom stereocenters. The lowest BCUT2D eigenvalue weighted by atomic mass is 10.1. The molecule has 0 aliphatic carbocycles. The largest absolute Gasteiger partial charge is 0.338 e. The molecular weight excluding hydrogens is 245 g/mol. The van der Waals surface area contributed by atoms with Gasteiger partial charge in [-0.25, -0.2) is 0 Å². The highest BCUT2D eigenvalue weighted by Crippen LogP contribution is 2.25. The monoisotopic (exact) mass is 257 g/mol. The quantitative estimate of drug-likeness (QED) is 0.796. The molecule has 86 valence electrons. The van der Waals surface area contributed by atoms with E-state index in [2.05, 4.69) is 0 Å². The molecule has 0 radical (unpaired) electrons. The van der Waals surface area contributed by atoms with E-state index in [4.69, 9.17) is 23.2 Å². The van der Waals surface area contributed by atoms with E-state index in [1.165, 1.54) is 0 Å². The van der Waals surface area contributed by atoms with Crippen molar-refractivity contribution in [1.29, 1.82) is 0 Å². The number of rotatable bonds is 2. The SMILES string of the molecule is CC1CCN(Cc2ccc(Cl)c(Cl)c2)C1=O. The van der Waals surface area contributed by atoms with Crippen LogP contribution in [0, 0.1) is 5.92 Å². The molecule has 1 heterocycles. The highest BCUT2D eigenvalue weighted by molar-refractivity contribution is 6.42. The molecule has 1 amide bonds. The average molecular weight is 258 g/mol. The second kappa shape index (κ2) is 4.64. The summed E-state index contributed by atoms with van der Waals surface area (Å²) in [6, 6.07) is 5.49. The van der Waals surface area contributed by atoms with Crippen LogP contribution in [0.2, 0.25) is 10.0 Å². The first-order valence-corrected chi connectivity index (χ1v) is 6.06. The van der Waals surface area contributed by atoms with Crippen LogP contribution < -0.4 is 0 Å². The molecule has 16 heavy (non-hydrogen) atoms. The predicted molar refractivity (Wildman–Crippen MR) is 65.7 cm³/mol. The Morgan fingerprint density at radius 2 is 2.12 bits per heavy atom. The van der Waals surface area contributed by atoms with Gasteiger partial charge in [-0.1, -0.05) is 36.2 Å². The Morgan fingerprint density at radius 1 is 1.38 bits per heavy atom. The van der Waals surface area contributed by atoms with Gasteiger partial charge in [0.1, 0.15) is 0 Å². The second-order valence-corrected chi connectivity index (χ2v) is 5.01. The van der Waals surface area contributed by atoms with Crippen molar-refractivity contribution < 1.29 is 4.79 Å². The van der Waals surface area contributed by atoms with Gasteiger partial charge < -0.3 is 4.90 Å². The van der Waals surface area contributed by atoms with Gasteiger partial charge in [0.2, 0.25) is 5.91 Å². The molecule has 0 bridgehead atoms. The molecule has 0 saturated carbocycles. The van der Waals surface area contributed by atoms with E-state index in [-0.39, 0.29) is 11.8 Å². The van der Waals surface area contributed by atoms with Crippen LogP contribution in [-0.2, 0) is 11.3 Å². The van der Waals surface area contributed by atoms with Crippen LogP contribution in [0.1, 0.15) is 18.9 Å². The van der Waals surface area contributed by atoms with Crippen molar-refractivity contribution in [2.45, 2.75) is 19.9 Å². The number of nitrogens with zero attached hydrogens (tertiary/aromatic N) is 1. The van der Waals surface area contributed by atoms with Crippen LogP contribution in [-0.4, -0.2) is 17.4 Å². The Labute approximate surface area is 105 Å². The summed E-state index contributed by atoms with van der Waals surface area (Å²) in [7, 11) is 0. The van der Waals surface area contributed by atoms with Crippen molar-refractivity contribution in [2.75, 3.05) is 6.54 Å². The lowest BCUT2D eigenvalue weighted by Gasteiger charge is -2.16. The third-order valence-electron chi connectivity index (χ3n) is 2.92. The smallest absolute Gasteiger partial charge is 0.225 e. The van der Waals surface area contributed by atoms with Crippen LogP contribution in [0.15, 0.2) is 18.2 Å². The zero-order valence-electron chi connectivity index (χ0n) is 9.04. The van der Waals surface area contributed by atoms with Crippen LogP contribution in [0.3, 0.4) is 0 Å². The number of amides is 1. The molecule has 0 aromatic heterocycles. The second-order valence-electron chi connectivity index (χ2n) is 4.20. The lowest BCUT2D eigenvalue weighted by Crippen LogP contribution is -2.26. The maximum absolute atomic E-state index is 11.7. The fourth-order valence-corrected chi connectivity index (χ4v) is 2.23. The maximum atomic E-state index is 11.7. The van der Waals surface area contributed by atoms with Crippen LogP contribution in [0.25, 0.3) is 0 Å². The number of likely N-dealkylation sites (tertiary alicyclic amines) is 1. The molecule has 1 aromatic rings. The third kappa shape index (κ3) is 2.33. The van der Waals surface area contributed by atoms with Crippen LogP contribution in [0.4, 0.5) is 0 Å². The summed E-state index contributed by atoms with van der Waals surface area (Å²) >= 11 is 11.8. The van der Waals surface area contributed by atoms with E-state index in [0.717, 1.165) is 18.5 Å². The number of halogens is 2. The van der Waals surface area contributed by atoms with Gasteiger partial charge >= 0.3 is 0 Å². The predicted octanol–water partition coefficient (Wildman–Crippen LogP) is 3.36. The first-order chi connectivity index (χ1) is 7.58. The molecule has 1 aromatic carbocycles. The van der Waals surface area contributed by atoms with Crippen molar-refractivity contribution in [3.63, 3.8) is 0 Å². The highest BCUT2D eigenvalue weighted by Gasteiger charge is 2.27. The highest BCUT2D eigenvalue weighted by atomic mass is 35.5. The minimum Gasteiger partial charge on any atom is -0.338 e. The minimum absolute atomic E-state index is 0.155. The van der Waals surface area contributed by atoms with E-state index in [1.54, 1.807) is 6.07 Å². The molecule has 2 rings (SSSR count). The molecule has 1 unspecified atom stereocenters. The van der Waals surface area contributed by atoms with Gasteiger partial charge in [0.15, 0.2) is 0 Å². The number of benzene rings is 1. The van der Waals surface area contributed by atoms with Crippen molar-refractivity contribution >= 4 is 29.1 Å². The van der Waals surface area contributed by atoms with Gasteiger partial charge in [0.05, 0.1) is 10.0 Å². The summed E-state index contributed by atoms with van der Waals surface area (Å²) in [5.41, 5.74) is 1.02. The van der Waals surface area contributed by atoms with Gasteiger partial charge in [-0.15, -0.1) is 0 Å². The van der Waals surface area contributed by atoms with E-state index < -0.39 is 0 Å². The average Bonchev–Trinajstić information content (AvgIpc) is 2.55. The Morgan fingerprint density at radius 3 is 2.69 bits per heavy atom. The first kappa shape index (κ1) is 11.7.